The van der Waals surface area contributed by atoms with Gasteiger partial charge < -0.3 is 14.6 Å². The lowest BCUT2D eigenvalue weighted by molar-refractivity contribution is -0.161. The minimum Gasteiger partial charge on any atom is -0.462 e. The van der Waals surface area contributed by atoms with Gasteiger partial charge in [0.15, 0.2) is 6.10 Å². The molecule has 456 valence electrons. The molecule has 1 unspecified atom stereocenters. The number of hydrogen-bond acceptors (Lipinski definition) is 5. The highest BCUT2D eigenvalue weighted by atomic mass is 16.6. The summed E-state index contributed by atoms with van der Waals surface area (Å²) >= 11 is 0. The quantitative estimate of drug-likeness (QED) is 0.0373. The van der Waals surface area contributed by atoms with E-state index in [9.17, 15) is 14.7 Å². The number of rotatable bonds is 61. The summed E-state index contributed by atoms with van der Waals surface area (Å²) in [6.07, 6.45) is 103. The van der Waals surface area contributed by atoms with E-state index in [4.69, 9.17) is 9.47 Å². The minimum atomic E-state index is -0.781. The molecule has 0 radical (unpaired) electrons. The van der Waals surface area contributed by atoms with Crippen molar-refractivity contribution in [3.63, 3.8) is 0 Å². The predicted molar refractivity (Wildman–Crippen MR) is 352 cm³/mol. The van der Waals surface area contributed by atoms with E-state index >= 15 is 0 Å². The molecular formula is C75H126O5. The Morgan fingerprint density at radius 2 is 0.500 bits per heavy atom. The number of allylic oxidation sites excluding steroid dienone is 22. The fourth-order valence-electron chi connectivity index (χ4n) is 9.47. The van der Waals surface area contributed by atoms with Crippen LogP contribution in [0.2, 0.25) is 0 Å². The Kier molecular flexibility index (Phi) is 65.9. The first-order chi connectivity index (χ1) is 39.6. The molecule has 5 nitrogen and oxygen atoms in total. The van der Waals surface area contributed by atoms with Gasteiger partial charge in [-0.15, -0.1) is 0 Å². The Hall–Kier alpha value is -3.96. The molecule has 0 bridgehead atoms. The highest BCUT2D eigenvalue weighted by molar-refractivity contribution is 5.70. The standard InChI is InChI=1S/C75H126O5/c1-3-5-7-9-11-13-15-17-19-21-23-25-27-29-31-33-35-36-37-38-40-41-43-45-47-49-51-53-55-57-59-61-63-65-67-69-74(77)79-72-73(71-76)80-75(78)70-68-66-64-62-60-58-56-54-52-50-48-46-44-42-39-34-32-30-28-26-24-22-20-18-16-14-12-10-8-6-4-2/h5-8,11-14,17-20,23-26,29-32,39,42,73,76H,3-4,9-10,15-16,21-22,27-28,33-38,40-41,43-72H2,1-2H3/b7-5-,8-6-,13-11-,14-12-,19-17-,20-18-,25-23-,26-24-,31-29-,32-30-,42-39-. The third-order valence-electron chi connectivity index (χ3n) is 14.4. The van der Waals surface area contributed by atoms with Crippen molar-refractivity contribution in [2.45, 2.75) is 315 Å². The van der Waals surface area contributed by atoms with Crippen LogP contribution in [0.1, 0.15) is 309 Å². The smallest absolute Gasteiger partial charge is 0.306 e. The zero-order valence-corrected chi connectivity index (χ0v) is 52.3. The first kappa shape index (κ1) is 76.0. The zero-order valence-electron chi connectivity index (χ0n) is 52.3. The summed E-state index contributed by atoms with van der Waals surface area (Å²) < 4.78 is 10.8. The van der Waals surface area contributed by atoms with Crippen molar-refractivity contribution in [2.75, 3.05) is 13.2 Å². The Labute approximate surface area is 496 Å². The Bertz CT molecular complexity index is 1630. The molecular weight excluding hydrogens is 981 g/mol. The maximum atomic E-state index is 12.4. The molecule has 0 rings (SSSR count). The lowest BCUT2D eigenvalue weighted by Crippen LogP contribution is -2.28. The molecule has 0 saturated carbocycles. The van der Waals surface area contributed by atoms with Crippen LogP contribution in [0, 0.1) is 0 Å². The van der Waals surface area contributed by atoms with Crippen molar-refractivity contribution in [3.05, 3.63) is 134 Å². The highest BCUT2D eigenvalue weighted by Gasteiger charge is 2.16. The molecule has 1 atom stereocenters. The van der Waals surface area contributed by atoms with Crippen LogP contribution in [0.3, 0.4) is 0 Å². The van der Waals surface area contributed by atoms with Crippen LogP contribution >= 0.6 is 0 Å². The van der Waals surface area contributed by atoms with Crippen molar-refractivity contribution in [1.29, 1.82) is 0 Å². The van der Waals surface area contributed by atoms with Gasteiger partial charge in [0, 0.05) is 12.8 Å². The SMILES string of the molecule is CC/C=C\C/C=C\C/C=C\C/C=C\C/C=C\C/C=C\CCCCCCCCCCCCCCC(=O)OC(CO)COC(=O)CCCCCCCCCCCCCCCCCCCCC/C=C\C/C=C\C/C=C\C/C=C\C/C=C\CC. The summed E-state index contributed by atoms with van der Waals surface area (Å²) in [6.45, 7) is 3.93. The third-order valence-corrected chi connectivity index (χ3v) is 14.4. The van der Waals surface area contributed by atoms with Gasteiger partial charge in [0.1, 0.15) is 6.61 Å². The lowest BCUT2D eigenvalue weighted by Gasteiger charge is -2.15. The number of ether oxygens (including phenoxy) is 2. The number of hydrogen-bond donors (Lipinski definition) is 1. The van der Waals surface area contributed by atoms with Gasteiger partial charge in [0.2, 0.25) is 0 Å². The van der Waals surface area contributed by atoms with Gasteiger partial charge in [-0.1, -0.05) is 321 Å². The summed E-state index contributed by atoms with van der Waals surface area (Å²) in [5, 5.41) is 9.70. The van der Waals surface area contributed by atoms with Crippen LogP contribution in [0.25, 0.3) is 0 Å². The maximum absolute atomic E-state index is 12.4. The third kappa shape index (κ3) is 66.6. The van der Waals surface area contributed by atoms with Gasteiger partial charge in [0.05, 0.1) is 6.61 Å². The Morgan fingerprint density at radius 1 is 0.287 bits per heavy atom. The van der Waals surface area contributed by atoms with Crippen LogP contribution < -0.4 is 0 Å². The maximum Gasteiger partial charge on any atom is 0.306 e. The van der Waals surface area contributed by atoms with Crippen LogP contribution in [0.5, 0.6) is 0 Å². The number of carbonyl (C=O) groups is 2. The highest BCUT2D eigenvalue weighted by Crippen LogP contribution is 2.17. The molecule has 0 aromatic carbocycles. The van der Waals surface area contributed by atoms with E-state index in [2.05, 4.69) is 148 Å². The molecule has 0 heterocycles. The monoisotopic (exact) mass is 1110 g/mol. The van der Waals surface area contributed by atoms with Crippen molar-refractivity contribution < 1.29 is 24.2 Å². The largest absolute Gasteiger partial charge is 0.462 e. The topological polar surface area (TPSA) is 72.8 Å². The van der Waals surface area contributed by atoms with E-state index < -0.39 is 6.10 Å². The molecule has 0 fully saturated rings. The minimum absolute atomic E-state index is 0.0697. The molecule has 5 heteroatoms. The average Bonchev–Trinajstić information content (AvgIpc) is 3.46. The van der Waals surface area contributed by atoms with Gasteiger partial charge in [-0.3, -0.25) is 9.59 Å². The van der Waals surface area contributed by atoms with E-state index in [0.717, 1.165) is 109 Å². The summed E-state index contributed by atoms with van der Waals surface area (Å²) in [7, 11) is 0. The summed E-state index contributed by atoms with van der Waals surface area (Å²) in [4.78, 5) is 24.6. The molecule has 0 spiro atoms. The molecule has 0 aromatic rings. The van der Waals surface area contributed by atoms with Crippen molar-refractivity contribution in [3.8, 4) is 0 Å². The number of carbonyl (C=O) groups excluding carboxylic acids is 2. The van der Waals surface area contributed by atoms with Crippen molar-refractivity contribution in [2.24, 2.45) is 0 Å². The Balaban J connectivity index is 3.48. The molecule has 0 aliphatic rings. The van der Waals surface area contributed by atoms with Crippen LogP contribution in [0.4, 0.5) is 0 Å². The van der Waals surface area contributed by atoms with Gasteiger partial charge in [0.25, 0.3) is 0 Å². The Morgan fingerprint density at radius 3 is 0.750 bits per heavy atom. The second-order valence-electron chi connectivity index (χ2n) is 22.1. The number of aliphatic hydroxyl groups is 1. The van der Waals surface area contributed by atoms with Crippen molar-refractivity contribution in [1.82, 2.24) is 0 Å². The van der Waals surface area contributed by atoms with E-state index in [1.165, 1.54) is 173 Å². The van der Waals surface area contributed by atoms with Crippen LogP contribution in [-0.2, 0) is 19.1 Å². The average molecular weight is 1110 g/mol. The molecule has 0 aliphatic carbocycles. The van der Waals surface area contributed by atoms with Crippen molar-refractivity contribution >= 4 is 11.9 Å². The lowest BCUT2D eigenvalue weighted by atomic mass is 10.0. The second kappa shape index (κ2) is 69.3. The fraction of sp³-hybridized carbons (Fsp3) is 0.680. The number of unbranched alkanes of at least 4 members (excludes halogenated alkanes) is 31. The normalized spacial score (nSPS) is 13.1. The van der Waals surface area contributed by atoms with E-state index in [0.29, 0.717) is 12.8 Å². The zero-order chi connectivity index (χ0) is 57.6. The van der Waals surface area contributed by atoms with Gasteiger partial charge in [-0.2, -0.15) is 0 Å². The molecule has 0 aliphatic heterocycles. The first-order valence-corrected chi connectivity index (χ1v) is 33.7. The first-order valence-electron chi connectivity index (χ1n) is 33.7. The predicted octanol–water partition coefficient (Wildman–Crippen LogP) is 23.5. The second-order valence-corrected chi connectivity index (χ2v) is 22.1. The fourth-order valence-corrected chi connectivity index (χ4v) is 9.47. The molecule has 0 aromatic heterocycles. The van der Waals surface area contributed by atoms with Gasteiger partial charge in [-0.05, 0) is 109 Å². The number of esters is 2. The molecule has 1 N–H and O–H groups in total. The van der Waals surface area contributed by atoms with E-state index in [1.807, 2.05) is 0 Å². The molecule has 0 saturated heterocycles. The molecule has 0 amide bonds. The van der Waals surface area contributed by atoms with Crippen LogP contribution in [-0.4, -0.2) is 36.4 Å². The summed E-state index contributed by atoms with van der Waals surface area (Å²) in [5.74, 6) is -0.587. The van der Waals surface area contributed by atoms with Gasteiger partial charge >= 0.3 is 11.9 Å². The number of aliphatic hydroxyl groups excluding tert-OH is 1. The van der Waals surface area contributed by atoms with Gasteiger partial charge in [-0.25, -0.2) is 0 Å². The molecule has 80 heavy (non-hydrogen) atoms. The van der Waals surface area contributed by atoms with E-state index in [-0.39, 0.29) is 25.2 Å². The van der Waals surface area contributed by atoms with E-state index in [1.54, 1.807) is 0 Å². The summed E-state index contributed by atoms with van der Waals surface area (Å²) in [6, 6.07) is 0. The van der Waals surface area contributed by atoms with Crippen LogP contribution in [0.15, 0.2) is 134 Å². The summed E-state index contributed by atoms with van der Waals surface area (Å²) in [5.41, 5.74) is 0.